The first-order valence-electron chi connectivity index (χ1n) is 11.0. The lowest BCUT2D eigenvalue weighted by molar-refractivity contribution is -0.137. The molecule has 0 saturated carbocycles. The molecule has 6 nitrogen and oxygen atoms in total. The number of piperazine rings is 1. The minimum atomic E-state index is -4.34. The number of carbonyl (C=O) groups excluding carboxylic acids is 1. The molecular weight excluding hydrogens is 409 g/mol. The Labute approximate surface area is 182 Å². The van der Waals surface area contributed by atoms with Gasteiger partial charge in [-0.15, -0.1) is 0 Å². The number of amides is 1. The number of nitrogens with zero attached hydrogens (tertiary/aromatic N) is 3. The number of hydrogen-bond donors (Lipinski definition) is 1. The summed E-state index contributed by atoms with van der Waals surface area (Å²) in [5.74, 6) is 0.556. The van der Waals surface area contributed by atoms with E-state index >= 15 is 0 Å². The highest BCUT2D eigenvalue weighted by Crippen LogP contribution is 2.31. The summed E-state index contributed by atoms with van der Waals surface area (Å²) >= 11 is 0. The van der Waals surface area contributed by atoms with Crippen LogP contribution < -0.4 is 10.2 Å². The molecule has 1 amide bonds. The summed E-state index contributed by atoms with van der Waals surface area (Å²) in [4.78, 5) is 18.7. The Hall–Kier alpha value is -1.84. The average molecular weight is 443 g/mol. The molecule has 0 radical (unpaired) electrons. The van der Waals surface area contributed by atoms with Gasteiger partial charge in [0.25, 0.3) is 0 Å². The van der Waals surface area contributed by atoms with Crippen molar-refractivity contribution in [1.82, 2.24) is 15.1 Å². The van der Waals surface area contributed by atoms with Gasteiger partial charge in [0.15, 0.2) is 0 Å². The van der Waals surface area contributed by atoms with Crippen molar-refractivity contribution in [2.45, 2.75) is 26.1 Å². The molecule has 2 aliphatic rings. The van der Waals surface area contributed by atoms with Crippen LogP contribution in [0, 0.1) is 5.92 Å². The minimum absolute atomic E-state index is 0.00852. The highest BCUT2D eigenvalue weighted by molar-refractivity contribution is 5.78. The molecule has 31 heavy (non-hydrogen) atoms. The maximum Gasteiger partial charge on any atom is 0.416 e. The third-order valence-corrected chi connectivity index (χ3v) is 5.65. The molecule has 2 aliphatic heterocycles. The lowest BCUT2D eigenvalue weighted by Gasteiger charge is -2.36. The molecule has 2 saturated heterocycles. The standard InChI is InChI=1S/C22H33F3N4O2/c1-17(2)14-28-10-11-31-20(15-28)13-26-21(30)16-27-6-8-29(9-7-27)19-5-3-4-18(12-19)22(23,24)25/h3-5,12,17,20H,6-11,13-16H2,1-2H3,(H,26,30). The van der Waals surface area contributed by atoms with Gasteiger partial charge in [0.1, 0.15) is 0 Å². The fraction of sp³-hybridized carbons (Fsp3) is 0.682. The normalized spacial score (nSPS) is 21.5. The van der Waals surface area contributed by atoms with Crippen molar-refractivity contribution in [2.75, 3.05) is 70.4 Å². The summed E-state index contributed by atoms with van der Waals surface area (Å²) in [6, 6.07) is 5.41. The largest absolute Gasteiger partial charge is 0.416 e. The topological polar surface area (TPSA) is 48.1 Å². The molecule has 2 heterocycles. The van der Waals surface area contributed by atoms with Gasteiger partial charge in [0.2, 0.25) is 5.91 Å². The Morgan fingerprint density at radius 1 is 1.16 bits per heavy atom. The molecule has 2 fully saturated rings. The monoisotopic (exact) mass is 442 g/mol. The molecule has 9 heteroatoms. The molecule has 3 rings (SSSR count). The second-order valence-corrected chi connectivity index (χ2v) is 8.76. The van der Waals surface area contributed by atoms with E-state index in [4.69, 9.17) is 4.74 Å². The van der Waals surface area contributed by atoms with E-state index < -0.39 is 11.7 Å². The van der Waals surface area contributed by atoms with E-state index in [9.17, 15) is 18.0 Å². The van der Waals surface area contributed by atoms with Crippen molar-refractivity contribution in [2.24, 2.45) is 5.92 Å². The van der Waals surface area contributed by atoms with E-state index in [-0.39, 0.29) is 12.0 Å². The maximum atomic E-state index is 12.9. The molecule has 0 spiro atoms. The molecular formula is C22H33F3N4O2. The average Bonchev–Trinajstić information content (AvgIpc) is 2.72. The molecule has 1 aromatic carbocycles. The summed E-state index contributed by atoms with van der Waals surface area (Å²) in [5.41, 5.74) is -0.0666. The van der Waals surface area contributed by atoms with Crippen LogP contribution in [0.2, 0.25) is 0 Å². The van der Waals surface area contributed by atoms with Gasteiger partial charge >= 0.3 is 6.18 Å². The highest BCUT2D eigenvalue weighted by atomic mass is 19.4. The summed E-state index contributed by atoms with van der Waals surface area (Å²) < 4.78 is 44.6. The molecule has 0 aliphatic carbocycles. The zero-order valence-corrected chi connectivity index (χ0v) is 18.3. The summed E-state index contributed by atoms with van der Waals surface area (Å²) in [6.45, 7) is 11.1. The van der Waals surface area contributed by atoms with Crippen LogP contribution in [0.25, 0.3) is 0 Å². The molecule has 1 aromatic rings. The number of carbonyl (C=O) groups is 1. The molecule has 0 bridgehead atoms. The van der Waals surface area contributed by atoms with E-state index in [1.165, 1.54) is 12.1 Å². The predicted octanol–water partition coefficient (Wildman–Crippen LogP) is 2.30. The Morgan fingerprint density at radius 3 is 2.58 bits per heavy atom. The Kier molecular flexibility index (Phi) is 8.18. The van der Waals surface area contributed by atoms with Crippen LogP contribution in [-0.4, -0.2) is 87.3 Å². The van der Waals surface area contributed by atoms with E-state index in [1.807, 2.05) is 9.80 Å². The van der Waals surface area contributed by atoms with Crippen LogP contribution in [0.15, 0.2) is 24.3 Å². The fourth-order valence-electron chi connectivity index (χ4n) is 4.12. The molecule has 174 valence electrons. The van der Waals surface area contributed by atoms with Gasteiger partial charge in [-0.05, 0) is 24.1 Å². The first-order chi connectivity index (χ1) is 14.7. The number of anilines is 1. The lowest BCUT2D eigenvalue weighted by Crippen LogP contribution is -2.52. The summed E-state index contributed by atoms with van der Waals surface area (Å²) in [7, 11) is 0. The first kappa shape index (κ1) is 23.8. The third kappa shape index (κ3) is 7.36. The SMILES string of the molecule is CC(C)CN1CCOC(CNC(=O)CN2CCN(c3cccc(C(F)(F)F)c3)CC2)C1. The Morgan fingerprint density at radius 2 is 1.90 bits per heavy atom. The van der Waals surface area contributed by atoms with Gasteiger partial charge in [-0.3, -0.25) is 14.6 Å². The van der Waals surface area contributed by atoms with Crippen LogP contribution >= 0.6 is 0 Å². The van der Waals surface area contributed by atoms with Crippen molar-refractivity contribution < 1.29 is 22.7 Å². The smallest absolute Gasteiger partial charge is 0.374 e. The Balaban J connectivity index is 1.39. The van der Waals surface area contributed by atoms with E-state index in [2.05, 4.69) is 24.1 Å². The van der Waals surface area contributed by atoms with Gasteiger partial charge in [-0.2, -0.15) is 13.2 Å². The fourth-order valence-corrected chi connectivity index (χ4v) is 4.12. The van der Waals surface area contributed by atoms with Crippen LogP contribution in [-0.2, 0) is 15.7 Å². The van der Waals surface area contributed by atoms with Crippen LogP contribution in [0.4, 0.5) is 18.9 Å². The number of morpholine rings is 1. The number of ether oxygens (including phenoxy) is 1. The van der Waals surface area contributed by atoms with Crippen LogP contribution in [0.5, 0.6) is 0 Å². The van der Waals surface area contributed by atoms with Gasteiger partial charge in [-0.1, -0.05) is 19.9 Å². The Bertz CT molecular complexity index is 721. The second kappa shape index (κ2) is 10.7. The van der Waals surface area contributed by atoms with Crippen molar-refractivity contribution in [1.29, 1.82) is 0 Å². The van der Waals surface area contributed by atoms with Gasteiger partial charge in [0.05, 0.1) is 24.8 Å². The van der Waals surface area contributed by atoms with Gasteiger partial charge in [0, 0.05) is 58.0 Å². The molecule has 1 unspecified atom stereocenters. The predicted molar refractivity (Wildman–Crippen MR) is 114 cm³/mol. The lowest BCUT2D eigenvalue weighted by atomic mass is 10.1. The summed E-state index contributed by atoms with van der Waals surface area (Å²) in [5, 5.41) is 2.97. The number of nitrogens with one attached hydrogen (secondary N) is 1. The van der Waals surface area contributed by atoms with E-state index in [0.717, 1.165) is 25.7 Å². The number of halogens is 3. The zero-order valence-electron chi connectivity index (χ0n) is 18.3. The third-order valence-electron chi connectivity index (χ3n) is 5.65. The molecule has 0 aromatic heterocycles. The van der Waals surface area contributed by atoms with Crippen molar-refractivity contribution >= 4 is 11.6 Å². The van der Waals surface area contributed by atoms with E-state index in [1.54, 1.807) is 6.07 Å². The van der Waals surface area contributed by atoms with Crippen molar-refractivity contribution in [3.8, 4) is 0 Å². The van der Waals surface area contributed by atoms with Gasteiger partial charge < -0.3 is 15.0 Å². The number of benzene rings is 1. The maximum absolute atomic E-state index is 12.9. The van der Waals surface area contributed by atoms with Crippen LogP contribution in [0.1, 0.15) is 19.4 Å². The quantitative estimate of drug-likeness (QED) is 0.702. The number of rotatable bonds is 7. The van der Waals surface area contributed by atoms with Crippen molar-refractivity contribution in [3.05, 3.63) is 29.8 Å². The first-order valence-corrected chi connectivity index (χ1v) is 11.0. The van der Waals surface area contributed by atoms with Crippen molar-refractivity contribution in [3.63, 3.8) is 0 Å². The minimum Gasteiger partial charge on any atom is -0.374 e. The number of alkyl halides is 3. The summed E-state index contributed by atoms with van der Waals surface area (Å²) in [6.07, 6.45) is -4.33. The molecule has 1 N–H and O–H groups in total. The second-order valence-electron chi connectivity index (χ2n) is 8.76. The van der Waals surface area contributed by atoms with Gasteiger partial charge in [-0.25, -0.2) is 0 Å². The van der Waals surface area contributed by atoms with E-state index in [0.29, 0.717) is 57.5 Å². The highest BCUT2D eigenvalue weighted by Gasteiger charge is 2.31. The number of hydrogen-bond acceptors (Lipinski definition) is 5. The van der Waals surface area contributed by atoms with Crippen LogP contribution in [0.3, 0.4) is 0 Å². The zero-order chi connectivity index (χ0) is 22.4. The molecule has 1 atom stereocenters.